The van der Waals surface area contributed by atoms with E-state index in [2.05, 4.69) is 27.4 Å². The fourth-order valence-corrected chi connectivity index (χ4v) is 0.517. The van der Waals surface area contributed by atoms with Crippen molar-refractivity contribution in [3.8, 4) is 0 Å². The molecule has 0 aromatic rings. The molecule has 0 aromatic carbocycles. The first-order chi connectivity index (χ1) is 4.95. The molecule has 0 rings (SSSR count). The molecule has 11 heavy (non-hydrogen) atoms. The average molecular weight is 156 g/mol. The highest BCUT2D eigenvalue weighted by atomic mass is 16.5. The molecule has 0 saturated heterocycles. The van der Waals surface area contributed by atoms with Crippen LogP contribution in [-0.4, -0.2) is 19.0 Å². The number of rotatable bonds is 4. The van der Waals surface area contributed by atoms with Gasteiger partial charge in [-0.1, -0.05) is 27.4 Å². The number of hydrogen-bond acceptors (Lipinski definition) is 2. The zero-order valence-electron chi connectivity index (χ0n) is 7.52. The third kappa shape index (κ3) is 7.26. The predicted octanol–water partition coefficient (Wildman–Crippen LogP) is 1.80. The van der Waals surface area contributed by atoms with Gasteiger partial charge in [-0.15, -0.1) is 0 Å². The maximum Gasteiger partial charge on any atom is 0.180 e. The highest BCUT2D eigenvalue weighted by molar-refractivity contribution is 5.90. The molecule has 0 heterocycles. The lowest BCUT2D eigenvalue weighted by Gasteiger charge is -2.17. The number of ketones is 1. The fraction of sp³-hybridized carbons (Fsp3) is 0.667. The summed E-state index contributed by atoms with van der Waals surface area (Å²) in [5.74, 6) is -0.0609. The van der Waals surface area contributed by atoms with Gasteiger partial charge in [0, 0.05) is 0 Å². The van der Waals surface area contributed by atoms with Crippen LogP contribution in [-0.2, 0) is 9.53 Å². The van der Waals surface area contributed by atoms with Crippen LogP contribution in [0.2, 0.25) is 0 Å². The van der Waals surface area contributed by atoms with E-state index in [-0.39, 0.29) is 17.8 Å². The van der Waals surface area contributed by atoms with E-state index >= 15 is 0 Å². The van der Waals surface area contributed by atoms with Gasteiger partial charge in [-0.05, 0) is 11.5 Å². The number of carbonyl (C=O) groups excluding carboxylic acids is 1. The Kier molecular flexibility index (Phi) is 4.04. The molecule has 0 saturated carbocycles. The van der Waals surface area contributed by atoms with Gasteiger partial charge in [0.05, 0.1) is 6.61 Å². The molecule has 0 bridgehead atoms. The average Bonchev–Trinajstić information content (AvgIpc) is 1.85. The molecule has 0 amide bonds. The summed E-state index contributed by atoms with van der Waals surface area (Å²) in [4.78, 5) is 10.7. The van der Waals surface area contributed by atoms with Crippen LogP contribution >= 0.6 is 0 Å². The summed E-state index contributed by atoms with van der Waals surface area (Å²) in [5, 5.41) is 0. The van der Waals surface area contributed by atoms with Crippen LogP contribution in [0.25, 0.3) is 0 Å². The van der Waals surface area contributed by atoms with E-state index in [1.807, 2.05) is 0 Å². The monoisotopic (exact) mass is 156 g/mol. The van der Waals surface area contributed by atoms with Gasteiger partial charge in [0.1, 0.15) is 6.61 Å². The van der Waals surface area contributed by atoms with Gasteiger partial charge >= 0.3 is 0 Å². The van der Waals surface area contributed by atoms with Gasteiger partial charge in [-0.2, -0.15) is 0 Å². The van der Waals surface area contributed by atoms with Crippen LogP contribution in [0, 0.1) is 5.41 Å². The Balaban J connectivity index is 3.42. The summed E-state index contributed by atoms with van der Waals surface area (Å²) in [6, 6.07) is 0. The van der Waals surface area contributed by atoms with Crippen molar-refractivity contribution in [2.45, 2.75) is 20.8 Å². The Morgan fingerprint density at radius 1 is 1.55 bits per heavy atom. The van der Waals surface area contributed by atoms with E-state index in [4.69, 9.17) is 4.74 Å². The van der Waals surface area contributed by atoms with E-state index in [1.165, 1.54) is 6.08 Å². The molecule has 0 aromatic heterocycles. The maximum atomic E-state index is 10.7. The minimum absolute atomic E-state index is 0.0609. The second-order valence-electron chi connectivity index (χ2n) is 3.72. The first kappa shape index (κ1) is 10.4. The maximum absolute atomic E-state index is 10.7. The summed E-state index contributed by atoms with van der Waals surface area (Å²) >= 11 is 0. The van der Waals surface area contributed by atoms with E-state index in [1.54, 1.807) is 0 Å². The lowest BCUT2D eigenvalue weighted by molar-refractivity contribution is -0.119. The van der Waals surface area contributed by atoms with Gasteiger partial charge in [0.15, 0.2) is 5.78 Å². The van der Waals surface area contributed by atoms with Crippen molar-refractivity contribution in [2.24, 2.45) is 5.41 Å². The number of hydrogen-bond donors (Lipinski definition) is 0. The standard InChI is InChI=1S/C9H16O2/c1-5-8(10)6-11-7-9(2,3)4/h5H,1,6-7H2,2-4H3. The molecular weight excluding hydrogens is 140 g/mol. The first-order valence-electron chi connectivity index (χ1n) is 3.69. The molecular formula is C9H16O2. The fourth-order valence-electron chi connectivity index (χ4n) is 0.517. The van der Waals surface area contributed by atoms with Gasteiger partial charge < -0.3 is 4.74 Å². The van der Waals surface area contributed by atoms with Crippen LogP contribution in [0.5, 0.6) is 0 Å². The molecule has 0 spiro atoms. The third-order valence-electron chi connectivity index (χ3n) is 1.01. The van der Waals surface area contributed by atoms with Crippen molar-refractivity contribution in [2.75, 3.05) is 13.2 Å². The zero-order valence-corrected chi connectivity index (χ0v) is 7.52. The lowest BCUT2D eigenvalue weighted by Crippen LogP contribution is -2.17. The van der Waals surface area contributed by atoms with Crippen molar-refractivity contribution >= 4 is 5.78 Å². The summed E-state index contributed by atoms with van der Waals surface area (Å²) in [5.41, 5.74) is 0.126. The second-order valence-corrected chi connectivity index (χ2v) is 3.72. The van der Waals surface area contributed by atoms with Gasteiger partial charge in [0.2, 0.25) is 0 Å². The predicted molar refractivity (Wildman–Crippen MR) is 45.5 cm³/mol. The second kappa shape index (κ2) is 4.29. The lowest BCUT2D eigenvalue weighted by atomic mass is 9.99. The topological polar surface area (TPSA) is 26.3 Å². The van der Waals surface area contributed by atoms with Gasteiger partial charge in [-0.25, -0.2) is 0 Å². The van der Waals surface area contributed by atoms with E-state index in [9.17, 15) is 4.79 Å². The Hall–Kier alpha value is -0.630. The first-order valence-corrected chi connectivity index (χ1v) is 3.69. The Morgan fingerprint density at radius 3 is 2.45 bits per heavy atom. The molecule has 0 aliphatic rings. The Labute approximate surface area is 68.2 Å². The van der Waals surface area contributed by atoms with Gasteiger partial charge in [-0.3, -0.25) is 4.79 Å². The van der Waals surface area contributed by atoms with Crippen LogP contribution in [0.4, 0.5) is 0 Å². The molecule has 2 nitrogen and oxygen atoms in total. The van der Waals surface area contributed by atoms with Crippen LogP contribution in [0.3, 0.4) is 0 Å². The zero-order chi connectivity index (χ0) is 8.91. The molecule has 0 atom stereocenters. The molecule has 0 N–H and O–H groups in total. The largest absolute Gasteiger partial charge is 0.373 e. The normalized spacial score (nSPS) is 11.2. The smallest absolute Gasteiger partial charge is 0.180 e. The summed E-state index contributed by atoms with van der Waals surface area (Å²) in [7, 11) is 0. The third-order valence-corrected chi connectivity index (χ3v) is 1.01. The molecule has 0 radical (unpaired) electrons. The highest BCUT2D eigenvalue weighted by Crippen LogP contribution is 2.12. The summed E-state index contributed by atoms with van der Waals surface area (Å²) in [6.07, 6.45) is 1.28. The Morgan fingerprint density at radius 2 is 2.09 bits per heavy atom. The molecule has 2 heteroatoms. The van der Waals surface area contributed by atoms with Crippen LogP contribution < -0.4 is 0 Å². The molecule has 0 aliphatic carbocycles. The van der Waals surface area contributed by atoms with Crippen molar-refractivity contribution in [1.29, 1.82) is 0 Å². The SMILES string of the molecule is C=CC(=O)COCC(C)(C)C. The number of carbonyl (C=O) groups is 1. The minimum atomic E-state index is -0.0609. The molecule has 0 fully saturated rings. The highest BCUT2D eigenvalue weighted by Gasteiger charge is 2.10. The quantitative estimate of drug-likeness (QED) is 0.580. The van der Waals surface area contributed by atoms with Crippen LogP contribution in [0.1, 0.15) is 20.8 Å². The molecule has 0 aliphatic heterocycles. The number of ether oxygens (including phenoxy) is 1. The summed E-state index contributed by atoms with van der Waals surface area (Å²) < 4.78 is 5.13. The minimum Gasteiger partial charge on any atom is -0.373 e. The van der Waals surface area contributed by atoms with E-state index in [0.29, 0.717) is 6.61 Å². The van der Waals surface area contributed by atoms with Crippen molar-refractivity contribution in [3.05, 3.63) is 12.7 Å². The van der Waals surface area contributed by atoms with Crippen molar-refractivity contribution < 1.29 is 9.53 Å². The summed E-state index contributed by atoms with van der Waals surface area (Å²) in [6.45, 7) is 10.3. The Bertz CT molecular complexity index is 142. The van der Waals surface area contributed by atoms with Crippen LogP contribution in [0.15, 0.2) is 12.7 Å². The van der Waals surface area contributed by atoms with Crippen molar-refractivity contribution in [3.63, 3.8) is 0 Å². The van der Waals surface area contributed by atoms with Crippen molar-refractivity contribution in [1.82, 2.24) is 0 Å². The van der Waals surface area contributed by atoms with E-state index < -0.39 is 0 Å². The van der Waals surface area contributed by atoms with Gasteiger partial charge in [0.25, 0.3) is 0 Å². The molecule has 0 unspecified atom stereocenters. The molecule has 64 valence electrons. The van der Waals surface area contributed by atoms with E-state index in [0.717, 1.165) is 0 Å².